The van der Waals surface area contributed by atoms with Gasteiger partial charge in [0, 0.05) is 21.6 Å². The Bertz CT molecular complexity index is 586. The number of nitrogens with one attached hydrogen (secondary N) is 1. The molecule has 0 aliphatic heterocycles. The molecule has 1 N–H and O–H groups in total. The number of carbonyl (C=O) groups excluding carboxylic acids is 1. The molecule has 0 saturated carbocycles. The molecule has 2 nitrogen and oxygen atoms in total. The fourth-order valence-corrected chi connectivity index (χ4v) is 2.36. The van der Waals surface area contributed by atoms with Crippen LogP contribution in [0, 0.1) is 0 Å². The van der Waals surface area contributed by atoms with Gasteiger partial charge in [-0.3, -0.25) is 4.79 Å². The van der Waals surface area contributed by atoms with Gasteiger partial charge in [0.2, 0.25) is 0 Å². The Kier molecular flexibility index (Phi) is 5.00. The van der Waals surface area contributed by atoms with Crippen molar-refractivity contribution in [1.82, 2.24) is 5.32 Å². The lowest BCUT2D eigenvalue weighted by molar-refractivity contribution is 0.0954. The molecule has 0 unspecified atom stereocenters. The van der Waals surface area contributed by atoms with Gasteiger partial charge in [-0.15, -0.1) is 0 Å². The maximum Gasteiger partial charge on any atom is 0.251 e. The molecule has 1 amide bonds. The van der Waals surface area contributed by atoms with Crippen LogP contribution in [0.2, 0.25) is 5.02 Å². The van der Waals surface area contributed by atoms with Crippen LogP contribution in [0.3, 0.4) is 0 Å². The van der Waals surface area contributed by atoms with Crippen LogP contribution in [-0.4, -0.2) is 12.5 Å². The van der Waals surface area contributed by atoms with Crippen LogP contribution in [0.25, 0.3) is 0 Å². The third-order valence-corrected chi connectivity index (χ3v) is 3.40. The van der Waals surface area contributed by atoms with E-state index in [1.165, 1.54) is 0 Å². The number of amides is 1. The van der Waals surface area contributed by atoms with E-state index in [0.717, 1.165) is 21.5 Å². The van der Waals surface area contributed by atoms with Crippen molar-refractivity contribution < 1.29 is 4.79 Å². The van der Waals surface area contributed by atoms with Gasteiger partial charge in [-0.2, -0.15) is 0 Å². The SMILES string of the molecule is O=C(NCCc1cccc(Cl)c1)c1cccc(Br)c1. The Labute approximate surface area is 125 Å². The highest BCUT2D eigenvalue weighted by Crippen LogP contribution is 2.12. The minimum Gasteiger partial charge on any atom is -0.352 e. The van der Waals surface area contributed by atoms with Gasteiger partial charge in [0.25, 0.3) is 5.91 Å². The van der Waals surface area contributed by atoms with Crippen molar-refractivity contribution in [1.29, 1.82) is 0 Å². The fourth-order valence-electron chi connectivity index (χ4n) is 1.74. The average Bonchev–Trinajstić information content (AvgIpc) is 2.38. The first-order valence-corrected chi connectivity index (χ1v) is 7.10. The van der Waals surface area contributed by atoms with Gasteiger partial charge in [0.15, 0.2) is 0 Å². The molecule has 2 rings (SSSR count). The van der Waals surface area contributed by atoms with Gasteiger partial charge in [0.05, 0.1) is 0 Å². The summed E-state index contributed by atoms with van der Waals surface area (Å²) in [5.74, 6) is -0.0664. The zero-order valence-electron chi connectivity index (χ0n) is 10.2. The molecular formula is C15H13BrClNO. The van der Waals surface area contributed by atoms with Crippen molar-refractivity contribution in [2.75, 3.05) is 6.54 Å². The first-order chi connectivity index (χ1) is 9.15. The number of carbonyl (C=O) groups is 1. The molecule has 2 aromatic rings. The second-order valence-corrected chi connectivity index (χ2v) is 5.50. The molecule has 4 heteroatoms. The summed E-state index contributed by atoms with van der Waals surface area (Å²) < 4.78 is 0.898. The summed E-state index contributed by atoms with van der Waals surface area (Å²) in [6, 6.07) is 15.0. The molecule has 0 saturated heterocycles. The van der Waals surface area contributed by atoms with Gasteiger partial charge < -0.3 is 5.32 Å². The Morgan fingerprint density at radius 1 is 1.16 bits per heavy atom. The highest BCUT2D eigenvalue weighted by Gasteiger charge is 2.04. The van der Waals surface area contributed by atoms with Crippen LogP contribution in [0.5, 0.6) is 0 Å². The summed E-state index contributed by atoms with van der Waals surface area (Å²) in [5, 5.41) is 3.61. The number of rotatable bonds is 4. The van der Waals surface area contributed by atoms with Crippen molar-refractivity contribution >= 4 is 33.4 Å². The van der Waals surface area contributed by atoms with E-state index in [9.17, 15) is 4.79 Å². The quantitative estimate of drug-likeness (QED) is 0.894. The topological polar surface area (TPSA) is 29.1 Å². The second-order valence-electron chi connectivity index (χ2n) is 4.15. The molecular weight excluding hydrogens is 326 g/mol. The Morgan fingerprint density at radius 2 is 1.95 bits per heavy atom. The lowest BCUT2D eigenvalue weighted by atomic mass is 10.1. The minimum absolute atomic E-state index is 0.0664. The van der Waals surface area contributed by atoms with Crippen molar-refractivity contribution in [2.24, 2.45) is 0 Å². The molecule has 0 radical (unpaired) electrons. The van der Waals surface area contributed by atoms with Crippen LogP contribution in [0.4, 0.5) is 0 Å². The lowest BCUT2D eigenvalue weighted by Gasteiger charge is -2.06. The molecule has 0 aliphatic carbocycles. The molecule has 0 aliphatic rings. The number of hydrogen-bond acceptors (Lipinski definition) is 1. The largest absolute Gasteiger partial charge is 0.352 e. The molecule has 0 atom stereocenters. The number of hydrogen-bond donors (Lipinski definition) is 1. The zero-order valence-corrected chi connectivity index (χ0v) is 12.5. The minimum atomic E-state index is -0.0664. The molecule has 19 heavy (non-hydrogen) atoms. The fraction of sp³-hybridized carbons (Fsp3) is 0.133. The number of benzene rings is 2. The highest BCUT2D eigenvalue weighted by atomic mass is 79.9. The van der Waals surface area contributed by atoms with Crippen LogP contribution in [0.15, 0.2) is 53.0 Å². The first-order valence-electron chi connectivity index (χ1n) is 5.93. The van der Waals surface area contributed by atoms with Gasteiger partial charge >= 0.3 is 0 Å². The van der Waals surface area contributed by atoms with Crippen LogP contribution < -0.4 is 5.32 Å². The van der Waals surface area contributed by atoms with Crippen molar-refractivity contribution in [2.45, 2.75) is 6.42 Å². The number of halogens is 2. The van der Waals surface area contributed by atoms with Gasteiger partial charge in [-0.25, -0.2) is 0 Å². The van der Waals surface area contributed by atoms with E-state index in [4.69, 9.17) is 11.6 Å². The monoisotopic (exact) mass is 337 g/mol. The summed E-state index contributed by atoms with van der Waals surface area (Å²) in [6.07, 6.45) is 0.764. The van der Waals surface area contributed by atoms with Crippen molar-refractivity contribution in [3.8, 4) is 0 Å². The maximum absolute atomic E-state index is 11.9. The van der Waals surface area contributed by atoms with Crippen LogP contribution in [-0.2, 0) is 6.42 Å². The zero-order chi connectivity index (χ0) is 13.7. The Morgan fingerprint density at radius 3 is 2.68 bits per heavy atom. The standard InChI is InChI=1S/C15H13BrClNO/c16-13-5-2-4-12(10-13)15(19)18-8-7-11-3-1-6-14(17)9-11/h1-6,9-10H,7-8H2,(H,18,19). The Hall–Kier alpha value is -1.32. The van der Waals surface area contributed by atoms with E-state index in [0.29, 0.717) is 12.1 Å². The highest BCUT2D eigenvalue weighted by molar-refractivity contribution is 9.10. The second kappa shape index (κ2) is 6.73. The van der Waals surface area contributed by atoms with E-state index in [1.54, 1.807) is 12.1 Å². The van der Waals surface area contributed by atoms with E-state index < -0.39 is 0 Å². The summed E-state index contributed by atoms with van der Waals surface area (Å²) in [6.45, 7) is 0.589. The predicted molar refractivity (Wildman–Crippen MR) is 81.6 cm³/mol. The van der Waals surface area contributed by atoms with Crippen LogP contribution in [0.1, 0.15) is 15.9 Å². The van der Waals surface area contributed by atoms with E-state index in [-0.39, 0.29) is 5.91 Å². The van der Waals surface area contributed by atoms with Gasteiger partial charge in [0.1, 0.15) is 0 Å². The summed E-state index contributed by atoms with van der Waals surface area (Å²) in [7, 11) is 0. The molecule has 0 bridgehead atoms. The molecule has 2 aromatic carbocycles. The molecule has 0 spiro atoms. The molecule has 0 fully saturated rings. The normalized spacial score (nSPS) is 10.2. The van der Waals surface area contributed by atoms with E-state index in [1.807, 2.05) is 36.4 Å². The molecule has 0 heterocycles. The predicted octanol–water partition coefficient (Wildman–Crippen LogP) is 4.08. The van der Waals surface area contributed by atoms with Crippen LogP contribution >= 0.6 is 27.5 Å². The smallest absolute Gasteiger partial charge is 0.251 e. The van der Waals surface area contributed by atoms with Gasteiger partial charge in [-0.1, -0.05) is 45.7 Å². The summed E-state index contributed by atoms with van der Waals surface area (Å²) in [5.41, 5.74) is 1.77. The molecule has 0 aromatic heterocycles. The van der Waals surface area contributed by atoms with E-state index in [2.05, 4.69) is 21.2 Å². The average molecular weight is 339 g/mol. The maximum atomic E-state index is 11.9. The van der Waals surface area contributed by atoms with Gasteiger partial charge in [-0.05, 0) is 42.3 Å². The summed E-state index contributed by atoms with van der Waals surface area (Å²) >= 11 is 9.26. The molecule has 98 valence electrons. The Balaban J connectivity index is 1.87. The third kappa shape index (κ3) is 4.37. The van der Waals surface area contributed by atoms with E-state index >= 15 is 0 Å². The lowest BCUT2D eigenvalue weighted by Crippen LogP contribution is -2.25. The van der Waals surface area contributed by atoms with Crippen molar-refractivity contribution in [3.05, 3.63) is 69.2 Å². The first kappa shape index (κ1) is 14.1. The summed E-state index contributed by atoms with van der Waals surface area (Å²) in [4.78, 5) is 11.9. The van der Waals surface area contributed by atoms with Crippen molar-refractivity contribution in [3.63, 3.8) is 0 Å². The third-order valence-electron chi connectivity index (χ3n) is 2.68.